The molecule has 0 saturated heterocycles. The molecule has 0 fully saturated rings. The van der Waals surface area contributed by atoms with Gasteiger partial charge in [-0.3, -0.25) is 9.89 Å². The molecule has 0 aliphatic carbocycles. The van der Waals surface area contributed by atoms with Crippen LogP contribution >= 0.6 is 11.3 Å². The Bertz CT molecular complexity index is 1320. The predicted octanol–water partition coefficient (Wildman–Crippen LogP) is 3.60. The highest BCUT2D eigenvalue weighted by Gasteiger charge is 2.19. The Morgan fingerprint density at radius 1 is 1.36 bits per heavy atom. The lowest BCUT2D eigenvalue weighted by Gasteiger charge is -2.09. The standard InChI is InChI=1S/C19H14N6O2S/c1-27-15-7-11-3-6-28-16(11)8-12(15)17-14(10-21-24-17)23-19(26)13-9-22-25-5-2-4-20-18(13)25/h2-10H,1H3,(H,21,24)(H,23,26). The number of hydrogen-bond acceptors (Lipinski definition) is 6. The largest absolute Gasteiger partial charge is 0.496 e. The molecule has 8 nitrogen and oxygen atoms in total. The van der Waals surface area contributed by atoms with Crippen molar-refractivity contribution in [1.82, 2.24) is 24.8 Å². The third kappa shape index (κ3) is 2.60. The molecule has 4 heterocycles. The van der Waals surface area contributed by atoms with Gasteiger partial charge in [-0.25, -0.2) is 9.50 Å². The number of rotatable bonds is 4. The topological polar surface area (TPSA) is 97.2 Å². The first-order valence-corrected chi connectivity index (χ1v) is 9.31. The fourth-order valence-corrected chi connectivity index (χ4v) is 3.92. The zero-order valence-electron chi connectivity index (χ0n) is 14.7. The van der Waals surface area contributed by atoms with Crippen molar-refractivity contribution in [3.8, 4) is 17.0 Å². The number of aromatic amines is 1. The minimum Gasteiger partial charge on any atom is -0.496 e. The van der Waals surface area contributed by atoms with Gasteiger partial charge < -0.3 is 10.1 Å². The van der Waals surface area contributed by atoms with Crippen LogP contribution in [0.5, 0.6) is 5.75 Å². The van der Waals surface area contributed by atoms with Crippen LogP contribution in [0.15, 0.2) is 54.4 Å². The normalized spacial score (nSPS) is 11.2. The molecule has 1 amide bonds. The highest BCUT2D eigenvalue weighted by Crippen LogP contribution is 2.38. The summed E-state index contributed by atoms with van der Waals surface area (Å²) in [7, 11) is 1.62. The lowest BCUT2D eigenvalue weighted by Crippen LogP contribution is -2.12. The monoisotopic (exact) mass is 390 g/mol. The number of thiophene rings is 1. The minimum atomic E-state index is -0.312. The lowest BCUT2D eigenvalue weighted by atomic mass is 10.1. The Hall–Kier alpha value is -3.72. The van der Waals surface area contributed by atoms with Crippen molar-refractivity contribution in [2.24, 2.45) is 0 Å². The summed E-state index contributed by atoms with van der Waals surface area (Å²) in [6.45, 7) is 0. The summed E-state index contributed by atoms with van der Waals surface area (Å²) in [5, 5.41) is 17.3. The molecule has 0 radical (unpaired) electrons. The van der Waals surface area contributed by atoms with E-state index in [2.05, 4.69) is 25.6 Å². The van der Waals surface area contributed by atoms with Gasteiger partial charge in [0.15, 0.2) is 5.65 Å². The number of carbonyl (C=O) groups excluding carboxylic acids is 1. The average Bonchev–Trinajstić information content (AvgIpc) is 3.45. The number of methoxy groups -OCH3 is 1. The Kier molecular flexibility index (Phi) is 3.80. The molecule has 5 aromatic rings. The molecule has 138 valence electrons. The van der Waals surface area contributed by atoms with Crippen molar-refractivity contribution in [1.29, 1.82) is 0 Å². The van der Waals surface area contributed by atoms with Gasteiger partial charge in [-0.2, -0.15) is 10.2 Å². The van der Waals surface area contributed by atoms with E-state index in [1.165, 1.54) is 6.20 Å². The molecule has 0 saturated carbocycles. The third-order valence-corrected chi connectivity index (χ3v) is 5.32. The van der Waals surface area contributed by atoms with Crippen molar-refractivity contribution < 1.29 is 9.53 Å². The van der Waals surface area contributed by atoms with Gasteiger partial charge in [0.05, 0.1) is 19.0 Å². The molecule has 1 aromatic carbocycles. The Morgan fingerprint density at radius 2 is 2.29 bits per heavy atom. The number of carbonyl (C=O) groups is 1. The van der Waals surface area contributed by atoms with E-state index in [1.807, 2.05) is 23.6 Å². The van der Waals surface area contributed by atoms with Crippen LogP contribution in [0.3, 0.4) is 0 Å². The highest BCUT2D eigenvalue weighted by molar-refractivity contribution is 7.17. The van der Waals surface area contributed by atoms with E-state index in [9.17, 15) is 4.79 Å². The molecule has 0 unspecified atom stereocenters. The summed E-state index contributed by atoms with van der Waals surface area (Å²) in [5.41, 5.74) is 2.82. The SMILES string of the molecule is COc1cc2ccsc2cc1-c1n[nH]cc1NC(=O)c1cnn2cccnc12. The molecule has 5 rings (SSSR count). The van der Waals surface area contributed by atoms with E-state index in [-0.39, 0.29) is 5.91 Å². The summed E-state index contributed by atoms with van der Waals surface area (Å²) in [5.74, 6) is 0.374. The zero-order valence-corrected chi connectivity index (χ0v) is 15.5. The van der Waals surface area contributed by atoms with Crippen LogP contribution in [-0.2, 0) is 0 Å². The second-order valence-corrected chi connectivity index (χ2v) is 7.01. The maximum Gasteiger partial charge on any atom is 0.261 e. The van der Waals surface area contributed by atoms with Gasteiger partial charge in [-0.15, -0.1) is 11.3 Å². The summed E-state index contributed by atoms with van der Waals surface area (Å²) in [4.78, 5) is 17.0. The molecule has 0 atom stereocenters. The molecule has 9 heteroatoms. The Morgan fingerprint density at radius 3 is 3.18 bits per heavy atom. The van der Waals surface area contributed by atoms with E-state index in [0.29, 0.717) is 28.3 Å². The third-order valence-electron chi connectivity index (χ3n) is 4.44. The number of hydrogen-bond donors (Lipinski definition) is 2. The number of nitrogens with zero attached hydrogens (tertiary/aromatic N) is 4. The van der Waals surface area contributed by atoms with Gasteiger partial charge >= 0.3 is 0 Å². The second kappa shape index (κ2) is 6.46. The van der Waals surface area contributed by atoms with E-state index < -0.39 is 0 Å². The van der Waals surface area contributed by atoms with Crippen molar-refractivity contribution in [2.75, 3.05) is 12.4 Å². The first-order valence-electron chi connectivity index (χ1n) is 8.43. The minimum absolute atomic E-state index is 0.312. The van der Waals surface area contributed by atoms with Gasteiger partial charge in [0.2, 0.25) is 0 Å². The van der Waals surface area contributed by atoms with E-state index in [0.717, 1.165) is 15.6 Å². The first kappa shape index (κ1) is 16.5. The molecule has 0 aliphatic rings. The highest BCUT2D eigenvalue weighted by atomic mass is 32.1. The quantitative estimate of drug-likeness (QED) is 0.489. The number of amides is 1. The molecule has 2 N–H and O–H groups in total. The predicted molar refractivity (Wildman–Crippen MR) is 107 cm³/mol. The van der Waals surface area contributed by atoms with Gasteiger partial charge in [0.25, 0.3) is 5.91 Å². The number of ether oxygens (including phenoxy) is 1. The lowest BCUT2D eigenvalue weighted by molar-refractivity contribution is 0.102. The van der Waals surface area contributed by atoms with Crippen LogP contribution in [0.4, 0.5) is 5.69 Å². The smallest absolute Gasteiger partial charge is 0.261 e. The Balaban J connectivity index is 1.54. The fourth-order valence-electron chi connectivity index (χ4n) is 3.11. The first-order chi connectivity index (χ1) is 13.7. The van der Waals surface area contributed by atoms with Crippen molar-refractivity contribution in [3.05, 3.63) is 60.0 Å². The zero-order chi connectivity index (χ0) is 19.1. The fraction of sp³-hybridized carbons (Fsp3) is 0.0526. The number of fused-ring (bicyclic) bond motifs is 2. The van der Waals surface area contributed by atoms with E-state index in [4.69, 9.17) is 4.74 Å². The van der Waals surface area contributed by atoms with E-state index in [1.54, 1.807) is 47.6 Å². The molecule has 0 bridgehead atoms. The number of nitrogens with one attached hydrogen (secondary N) is 2. The maximum atomic E-state index is 12.8. The van der Waals surface area contributed by atoms with E-state index >= 15 is 0 Å². The molecular weight excluding hydrogens is 376 g/mol. The van der Waals surface area contributed by atoms with Crippen LogP contribution in [0.1, 0.15) is 10.4 Å². The molecule has 4 aromatic heterocycles. The van der Waals surface area contributed by atoms with Crippen LogP contribution in [0, 0.1) is 0 Å². The summed E-state index contributed by atoms with van der Waals surface area (Å²) >= 11 is 1.64. The summed E-state index contributed by atoms with van der Waals surface area (Å²) in [6, 6.07) is 7.78. The molecule has 0 spiro atoms. The van der Waals surface area contributed by atoms with Gasteiger partial charge in [0, 0.05) is 28.9 Å². The van der Waals surface area contributed by atoms with Crippen LogP contribution in [0.25, 0.3) is 27.0 Å². The number of H-pyrrole nitrogens is 1. The van der Waals surface area contributed by atoms with Gasteiger partial charge in [-0.1, -0.05) is 0 Å². The van der Waals surface area contributed by atoms with Crippen LogP contribution in [0.2, 0.25) is 0 Å². The molecule has 28 heavy (non-hydrogen) atoms. The Labute approximate surface area is 162 Å². The van der Waals surface area contributed by atoms with Crippen molar-refractivity contribution >= 4 is 38.7 Å². The second-order valence-electron chi connectivity index (χ2n) is 6.06. The number of aromatic nitrogens is 5. The van der Waals surface area contributed by atoms with Crippen LogP contribution < -0.4 is 10.1 Å². The average molecular weight is 390 g/mol. The maximum absolute atomic E-state index is 12.8. The number of benzene rings is 1. The van der Waals surface area contributed by atoms with Gasteiger partial charge in [-0.05, 0) is 35.0 Å². The van der Waals surface area contributed by atoms with Crippen molar-refractivity contribution in [3.63, 3.8) is 0 Å². The van der Waals surface area contributed by atoms with Crippen LogP contribution in [-0.4, -0.2) is 37.8 Å². The summed E-state index contributed by atoms with van der Waals surface area (Å²) in [6.07, 6.45) is 6.50. The van der Waals surface area contributed by atoms with Gasteiger partial charge in [0.1, 0.15) is 17.0 Å². The molecular formula is C19H14N6O2S. The molecule has 0 aliphatic heterocycles. The van der Waals surface area contributed by atoms with Crippen molar-refractivity contribution in [2.45, 2.75) is 0 Å². The summed E-state index contributed by atoms with van der Waals surface area (Å²) < 4.78 is 8.22. The number of anilines is 1.